The minimum atomic E-state index is -0.216. The van der Waals surface area contributed by atoms with Gasteiger partial charge in [-0.1, -0.05) is 24.3 Å². The standard InChI is InChI=1S/C15H20N2O2/c18-15(17-10-12-5-3-9-19-12)14-13-6-2-1-4-11(13)7-8-16-14/h1-2,4,6,12,14,16H,3,5,7-10H2,(H,17,18). The Kier molecular flexibility index (Phi) is 3.80. The lowest BCUT2D eigenvalue weighted by Gasteiger charge is -2.26. The van der Waals surface area contributed by atoms with Crippen LogP contribution in [0.5, 0.6) is 0 Å². The van der Waals surface area contributed by atoms with Crippen molar-refractivity contribution in [3.05, 3.63) is 35.4 Å². The van der Waals surface area contributed by atoms with Gasteiger partial charge in [-0.2, -0.15) is 0 Å². The monoisotopic (exact) mass is 260 g/mol. The van der Waals surface area contributed by atoms with Crippen molar-refractivity contribution in [2.75, 3.05) is 19.7 Å². The summed E-state index contributed by atoms with van der Waals surface area (Å²) in [6.07, 6.45) is 3.34. The van der Waals surface area contributed by atoms with E-state index in [1.54, 1.807) is 0 Å². The molecule has 4 heteroatoms. The van der Waals surface area contributed by atoms with Gasteiger partial charge in [-0.25, -0.2) is 0 Å². The Morgan fingerprint density at radius 2 is 2.32 bits per heavy atom. The molecule has 19 heavy (non-hydrogen) atoms. The van der Waals surface area contributed by atoms with E-state index in [9.17, 15) is 4.79 Å². The average Bonchev–Trinajstić information content (AvgIpc) is 2.97. The van der Waals surface area contributed by atoms with Crippen molar-refractivity contribution in [2.24, 2.45) is 0 Å². The highest BCUT2D eigenvalue weighted by Crippen LogP contribution is 2.22. The van der Waals surface area contributed by atoms with Crippen molar-refractivity contribution < 1.29 is 9.53 Å². The number of fused-ring (bicyclic) bond motifs is 1. The summed E-state index contributed by atoms with van der Waals surface area (Å²) in [5, 5.41) is 6.31. The maximum atomic E-state index is 12.3. The van der Waals surface area contributed by atoms with E-state index in [1.807, 2.05) is 18.2 Å². The lowest BCUT2D eigenvalue weighted by molar-refractivity contribution is -0.124. The average molecular weight is 260 g/mol. The van der Waals surface area contributed by atoms with Gasteiger partial charge in [0.15, 0.2) is 0 Å². The lowest BCUT2D eigenvalue weighted by Crippen LogP contribution is -2.43. The first kappa shape index (κ1) is 12.6. The maximum Gasteiger partial charge on any atom is 0.241 e. The molecule has 1 fully saturated rings. The first-order valence-corrected chi connectivity index (χ1v) is 7.05. The van der Waals surface area contributed by atoms with E-state index in [4.69, 9.17) is 4.74 Å². The Morgan fingerprint density at radius 3 is 3.16 bits per heavy atom. The van der Waals surface area contributed by atoms with Gasteiger partial charge in [0, 0.05) is 19.7 Å². The van der Waals surface area contributed by atoms with E-state index in [-0.39, 0.29) is 18.1 Å². The number of ether oxygens (including phenoxy) is 1. The summed E-state index contributed by atoms with van der Waals surface area (Å²) >= 11 is 0. The van der Waals surface area contributed by atoms with Gasteiger partial charge in [0.2, 0.25) is 5.91 Å². The molecule has 2 N–H and O–H groups in total. The van der Waals surface area contributed by atoms with Gasteiger partial charge in [0.1, 0.15) is 6.04 Å². The Bertz CT molecular complexity index is 455. The molecular weight excluding hydrogens is 240 g/mol. The lowest BCUT2D eigenvalue weighted by atomic mass is 9.94. The highest BCUT2D eigenvalue weighted by molar-refractivity contribution is 5.83. The summed E-state index contributed by atoms with van der Waals surface area (Å²) in [4.78, 5) is 12.3. The number of nitrogens with one attached hydrogen (secondary N) is 2. The molecule has 1 saturated heterocycles. The summed E-state index contributed by atoms with van der Waals surface area (Å²) in [5.74, 6) is 0.0580. The summed E-state index contributed by atoms with van der Waals surface area (Å²) in [7, 11) is 0. The number of carbonyl (C=O) groups excluding carboxylic acids is 1. The highest BCUT2D eigenvalue weighted by atomic mass is 16.5. The molecule has 2 heterocycles. The Hall–Kier alpha value is -1.39. The van der Waals surface area contributed by atoms with E-state index in [1.165, 1.54) is 5.56 Å². The molecule has 2 aliphatic heterocycles. The maximum absolute atomic E-state index is 12.3. The number of benzene rings is 1. The van der Waals surface area contributed by atoms with Crippen molar-refractivity contribution in [3.8, 4) is 0 Å². The third kappa shape index (κ3) is 2.80. The van der Waals surface area contributed by atoms with Crippen LogP contribution >= 0.6 is 0 Å². The van der Waals surface area contributed by atoms with Crippen LogP contribution in [0.1, 0.15) is 30.0 Å². The first-order chi connectivity index (χ1) is 9.34. The predicted octanol–water partition coefficient (Wildman–Crippen LogP) is 1.17. The Labute approximate surface area is 113 Å². The van der Waals surface area contributed by atoms with Gasteiger partial charge < -0.3 is 15.4 Å². The molecule has 3 rings (SSSR count). The van der Waals surface area contributed by atoms with Crippen molar-refractivity contribution >= 4 is 5.91 Å². The minimum absolute atomic E-state index is 0.0580. The fourth-order valence-electron chi connectivity index (χ4n) is 2.86. The Morgan fingerprint density at radius 1 is 1.42 bits per heavy atom. The van der Waals surface area contributed by atoms with Gasteiger partial charge in [0.25, 0.3) is 0 Å². The molecule has 0 saturated carbocycles. The molecule has 1 amide bonds. The summed E-state index contributed by atoms with van der Waals surface area (Å²) < 4.78 is 5.53. The molecule has 1 aromatic rings. The molecule has 0 spiro atoms. The second-order valence-electron chi connectivity index (χ2n) is 5.22. The molecule has 2 atom stereocenters. The van der Waals surface area contributed by atoms with Crippen molar-refractivity contribution in [1.29, 1.82) is 0 Å². The number of amides is 1. The molecule has 2 unspecified atom stereocenters. The summed E-state index contributed by atoms with van der Waals surface area (Å²) in [6.45, 7) is 2.30. The first-order valence-electron chi connectivity index (χ1n) is 7.05. The number of hydrogen-bond acceptors (Lipinski definition) is 3. The van der Waals surface area contributed by atoms with E-state index in [0.717, 1.165) is 38.0 Å². The third-order valence-corrected chi connectivity index (χ3v) is 3.90. The van der Waals surface area contributed by atoms with E-state index in [2.05, 4.69) is 16.7 Å². The van der Waals surface area contributed by atoms with Gasteiger partial charge >= 0.3 is 0 Å². The van der Waals surface area contributed by atoms with Crippen molar-refractivity contribution in [1.82, 2.24) is 10.6 Å². The van der Waals surface area contributed by atoms with Crippen LogP contribution in [0.3, 0.4) is 0 Å². The number of rotatable bonds is 3. The topological polar surface area (TPSA) is 50.4 Å². The molecular formula is C15H20N2O2. The molecule has 2 aliphatic rings. The van der Waals surface area contributed by atoms with Crippen LogP contribution in [-0.4, -0.2) is 31.7 Å². The molecule has 102 valence electrons. The highest BCUT2D eigenvalue weighted by Gasteiger charge is 2.26. The van der Waals surface area contributed by atoms with Crippen LogP contribution in [0.15, 0.2) is 24.3 Å². The molecule has 1 aromatic carbocycles. The Balaban J connectivity index is 1.64. The summed E-state index contributed by atoms with van der Waals surface area (Å²) in [5.41, 5.74) is 2.39. The van der Waals surface area contributed by atoms with Crippen molar-refractivity contribution in [2.45, 2.75) is 31.4 Å². The molecule has 0 bridgehead atoms. The second kappa shape index (κ2) is 5.72. The van der Waals surface area contributed by atoms with E-state index in [0.29, 0.717) is 6.54 Å². The van der Waals surface area contributed by atoms with Crippen LogP contribution in [0.4, 0.5) is 0 Å². The number of carbonyl (C=O) groups is 1. The van der Waals surface area contributed by atoms with Gasteiger partial charge in [0.05, 0.1) is 6.10 Å². The van der Waals surface area contributed by atoms with Crippen LogP contribution in [-0.2, 0) is 16.0 Å². The van der Waals surface area contributed by atoms with Gasteiger partial charge in [-0.3, -0.25) is 4.79 Å². The van der Waals surface area contributed by atoms with E-state index >= 15 is 0 Å². The third-order valence-electron chi connectivity index (χ3n) is 3.90. The SMILES string of the molecule is O=C(NCC1CCCO1)C1NCCc2ccccc21. The van der Waals surface area contributed by atoms with Gasteiger partial charge in [-0.05, 0) is 30.4 Å². The zero-order valence-corrected chi connectivity index (χ0v) is 11.0. The number of hydrogen-bond donors (Lipinski definition) is 2. The second-order valence-corrected chi connectivity index (χ2v) is 5.22. The van der Waals surface area contributed by atoms with Crippen LogP contribution in [0.25, 0.3) is 0 Å². The fraction of sp³-hybridized carbons (Fsp3) is 0.533. The normalized spacial score (nSPS) is 25.9. The van der Waals surface area contributed by atoms with E-state index < -0.39 is 0 Å². The van der Waals surface area contributed by atoms with Crippen LogP contribution in [0.2, 0.25) is 0 Å². The molecule has 0 radical (unpaired) electrons. The molecule has 0 aromatic heterocycles. The van der Waals surface area contributed by atoms with Crippen LogP contribution in [0, 0.1) is 0 Å². The summed E-state index contributed by atoms with van der Waals surface area (Å²) in [6, 6.07) is 7.96. The quantitative estimate of drug-likeness (QED) is 0.857. The predicted molar refractivity (Wildman–Crippen MR) is 72.9 cm³/mol. The van der Waals surface area contributed by atoms with Gasteiger partial charge in [-0.15, -0.1) is 0 Å². The molecule has 0 aliphatic carbocycles. The van der Waals surface area contributed by atoms with Crippen molar-refractivity contribution in [3.63, 3.8) is 0 Å². The fourth-order valence-corrected chi connectivity index (χ4v) is 2.86. The van der Waals surface area contributed by atoms with Crippen LogP contribution < -0.4 is 10.6 Å². The smallest absolute Gasteiger partial charge is 0.241 e. The minimum Gasteiger partial charge on any atom is -0.376 e. The zero-order chi connectivity index (χ0) is 13.1. The molecule has 4 nitrogen and oxygen atoms in total. The largest absolute Gasteiger partial charge is 0.376 e. The zero-order valence-electron chi connectivity index (χ0n) is 11.0.